The van der Waals surface area contributed by atoms with Gasteiger partial charge in [-0.05, 0) is 30.2 Å². The first kappa shape index (κ1) is 13.8. The molecule has 2 rings (SSSR count). The standard InChI is InChI=1S/C16H15ClO2/c1-16(19,13-7-9-14(17)10-8-13)15(18)11-12-5-3-2-4-6-12/h2-10,19H,11H2,1H3. The SMILES string of the molecule is CC(O)(C(=O)Cc1ccccc1)c1ccc(Cl)cc1. The minimum atomic E-state index is -1.50. The van der Waals surface area contributed by atoms with Gasteiger partial charge in [0.25, 0.3) is 0 Å². The van der Waals surface area contributed by atoms with E-state index in [1.165, 1.54) is 6.92 Å². The summed E-state index contributed by atoms with van der Waals surface area (Å²) in [5, 5.41) is 11.0. The molecule has 1 atom stereocenters. The van der Waals surface area contributed by atoms with Crippen molar-refractivity contribution in [3.8, 4) is 0 Å². The molecule has 0 fully saturated rings. The van der Waals surface area contributed by atoms with E-state index in [9.17, 15) is 9.90 Å². The Kier molecular flexibility index (Phi) is 4.03. The number of ketones is 1. The Labute approximate surface area is 117 Å². The molecule has 19 heavy (non-hydrogen) atoms. The molecule has 2 nitrogen and oxygen atoms in total. The minimum absolute atomic E-state index is 0.205. The summed E-state index contributed by atoms with van der Waals surface area (Å²) in [5.41, 5.74) is -0.0555. The lowest BCUT2D eigenvalue weighted by Crippen LogP contribution is -2.33. The number of hydrogen-bond acceptors (Lipinski definition) is 2. The molecule has 3 heteroatoms. The molecule has 0 spiro atoms. The molecule has 0 saturated heterocycles. The molecule has 0 heterocycles. The molecule has 0 aliphatic rings. The largest absolute Gasteiger partial charge is 0.378 e. The van der Waals surface area contributed by atoms with E-state index < -0.39 is 5.60 Å². The van der Waals surface area contributed by atoms with Crippen LogP contribution in [-0.4, -0.2) is 10.9 Å². The smallest absolute Gasteiger partial charge is 0.172 e. The van der Waals surface area contributed by atoms with Crippen LogP contribution in [0.4, 0.5) is 0 Å². The summed E-state index contributed by atoms with van der Waals surface area (Å²) >= 11 is 5.80. The van der Waals surface area contributed by atoms with Gasteiger partial charge in [-0.1, -0.05) is 54.1 Å². The lowest BCUT2D eigenvalue weighted by Gasteiger charge is -2.22. The summed E-state index contributed by atoms with van der Waals surface area (Å²) in [6, 6.07) is 16.1. The first-order chi connectivity index (χ1) is 9.00. The first-order valence-electron chi connectivity index (χ1n) is 6.06. The van der Waals surface area contributed by atoms with Crippen LogP contribution in [0.25, 0.3) is 0 Å². The Morgan fingerprint density at radius 2 is 1.68 bits per heavy atom. The van der Waals surface area contributed by atoms with Crippen molar-refractivity contribution < 1.29 is 9.90 Å². The first-order valence-corrected chi connectivity index (χ1v) is 6.43. The maximum absolute atomic E-state index is 12.2. The average Bonchev–Trinajstić information content (AvgIpc) is 2.40. The third-order valence-corrected chi connectivity index (χ3v) is 3.41. The fourth-order valence-electron chi connectivity index (χ4n) is 1.89. The summed E-state index contributed by atoms with van der Waals surface area (Å²) in [7, 11) is 0. The molecular formula is C16H15ClO2. The van der Waals surface area contributed by atoms with Gasteiger partial charge in [0.05, 0.1) is 0 Å². The van der Waals surface area contributed by atoms with Crippen LogP contribution in [0.3, 0.4) is 0 Å². The highest BCUT2D eigenvalue weighted by atomic mass is 35.5. The van der Waals surface area contributed by atoms with Gasteiger partial charge in [0.1, 0.15) is 5.60 Å². The maximum atomic E-state index is 12.2. The van der Waals surface area contributed by atoms with Gasteiger partial charge in [0.2, 0.25) is 0 Å². The monoisotopic (exact) mass is 274 g/mol. The van der Waals surface area contributed by atoms with Crippen molar-refractivity contribution in [2.75, 3.05) is 0 Å². The van der Waals surface area contributed by atoms with E-state index in [1.54, 1.807) is 24.3 Å². The second kappa shape index (κ2) is 5.55. The number of rotatable bonds is 4. The van der Waals surface area contributed by atoms with Crippen molar-refractivity contribution in [1.82, 2.24) is 0 Å². The van der Waals surface area contributed by atoms with Crippen molar-refractivity contribution in [1.29, 1.82) is 0 Å². The molecule has 1 N–H and O–H groups in total. The summed E-state index contributed by atoms with van der Waals surface area (Å²) in [4.78, 5) is 12.2. The van der Waals surface area contributed by atoms with E-state index in [1.807, 2.05) is 30.3 Å². The van der Waals surface area contributed by atoms with Gasteiger partial charge in [-0.15, -0.1) is 0 Å². The zero-order chi connectivity index (χ0) is 13.9. The van der Waals surface area contributed by atoms with Crippen LogP contribution in [0, 0.1) is 0 Å². The van der Waals surface area contributed by atoms with E-state index in [-0.39, 0.29) is 12.2 Å². The highest BCUT2D eigenvalue weighted by molar-refractivity contribution is 6.30. The van der Waals surface area contributed by atoms with Crippen LogP contribution in [0.15, 0.2) is 54.6 Å². The molecule has 0 radical (unpaired) electrons. The lowest BCUT2D eigenvalue weighted by atomic mass is 9.88. The fourth-order valence-corrected chi connectivity index (χ4v) is 2.01. The molecule has 0 aliphatic heterocycles. The number of Topliss-reactive ketones (excluding diaryl/α,β-unsaturated/α-hetero) is 1. The predicted molar refractivity (Wildman–Crippen MR) is 76.2 cm³/mol. The molecule has 0 aliphatic carbocycles. The second-order valence-corrected chi connectivity index (χ2v) is 5.10. The van der Waals surface area contributed by atoms with E-state index >= 15 is 0 Å². The zero-order valence-corrected chi connectivity index (χ0v) is 11.4. The summed E-state index contributed by atoms with van der Waals surface area (Å²) in [6.07, 6.45) is 0.205. The van der Waals surface area contributed by atoms with Crippen LogP contribution >= 0.6 is 11.6 Å². The van der Waals surface area contributed by atoms with Crippen LogP contribution in [0.2, 0.25) is 5.02 Å². The van der Waals surface area contributed by atoms with Crippen LogP contribution in [0.1, 0.15) is 18.1 Å². The van der Waals surface area contributed by atoms with Crippen LogP contribution in [-0.2, 0) is 16.8 Å². The molecule has 0 aromatic heterocycles. The molecule has 0 saturated carbocycles. The zero-order valence-electron chi connectivity index (χ0n) is 10.6. The maximum Gasteiger partial charge on any atom is 0.172 e. The summed E-state index contributed by atoms with van der Waals surface area (Å²) < 4.78 is 0. The number of hydrogen-bond donors (Lipinski definition) is 1. The third-order valence-electron chi connectivity index (χ3n) is 3.16. The molecule has 0 amide bonds. The Hall–Kier alpha value is -1.64. The number of aliphatic hydroxyl groups is 1. The van der Waals surface area contributed by atoms with Gasteiger partial charge < -0.3 is 5.11 Å². The molecule has 2 aromatic rings. The van der Waals surface area contributed by atoms with Gasteiger partial charge in [-0.3, -0.25) is 4.79 Å². The van der Waals surface area contributed by atoms with Gasteiger partial charge in [-0.25, -0.2) is 0 Å². The second-order valence-electron chi connectivity index (χ2n) is 4.66. The van der Waals surface area contributed by atoms with Crippen molar-refractivity contribution in [3.05, 3.63) is 70.7 Å². The average molecular weight is 275 g/mol. The Morgan fingerprint density at radius 1 is 1.11 bits per heavy atom. The predicted octanol–water partition coefficient (Wildman–Crippen LogP) is 3.36. The molecule has 2 aromatic carbocycles. The van der Waals surface area contributed by atoms with Crippen LogP contribution in [0.5, 0.6) is 0 Å². The topological polar surface area (TPSA) is 37.3 Å². The van der Waals surface area contributed by atoms with Crippen molar-refractivity contribution >= 4 is 17.4 Å². The Balaban J connectivity index is 2.19. The van der Waals surface area contributed by atoms with E-state index in [2.05, 4.69) is 0 Å². The quantitative estimate of drug-likeness (QED) is 0.928. The van der Waals surface area contributed by atoms with Gasteiger partial charge in [-0.2, -0.15) is 0 Å². The lowest BCUT2D eigenvalue weighted by molar-refractivity contribution is -0.135. The van der Waals surface area contributed by atoms with E-state index in [0.717, 1.165) is 5.56 Å². The molecular weight excluding hydrogens is 260 g/mol. The van der Waals surface area contributed by atoms with Crippen molar-refractivity contribution in [2.45, 2.75) is 18.9 Å². The number of benzene rings is 2. The highest BCUT2D eigenvalue weighted by Crippen LogP contribution is 2.24. The van der Waals surface area contributed by atoms with Gasteiger partial charge >= 0.3 is 0 Å². The molecule has 98 valence electrons. The highest BCUT2D eigenvalue weighted by Gasteiger charge is 2.31. The van der Waals surface area contributed by atoms with Crippen LogP contribution < -0.4 is 0 Å². The Morgan fingerprint density at radius 3 is 2.26 bits per heavy atom. The summed E-state index contributed by atoms with van der Waals surface area (Å²) in [5.74, 6) is -0.235. The van der Waals surface area contributed by atoms with Crippen molar-refractivity contribution in [2.24, 2.45) is 0 Å². The third kappa shape index (κ3) is 3.22. The number of carbonyl (C=O) groups is 1. The summed E-state index contributed by atoms with van der Waals surface area (Å²) in [6.45, 7) is 1.52. The van der Waals surface area contributed by atoms with Gasteiger partial charge in [0, 0.05) is 11.4 Å². The number of carbonyl (C=O) groups excluding carboxylic acids is 1. The van der Waals surface area contributed by atoms with Crippen molar-refractivity contribution in [3.63, 3.8) is 0 Å². The van der Waals surface area contributed by atoms with E-state index in [0.29, 0.717) is 10.6 Å². The number of halogens is 1. The van der Waals surface area contributed by atoms with E-state index in [4.69, 9.17) is 11.6 Å². The molecule has 1 unspecified atom stereocenters. The van der Waals surface area contributed by atoms with Gasteiger partial charge in [0.15, 0.2) is 5.78 Å². The molecule has 0 bridgehead atoms. The minimum Gasteiger partial charge on any atom is -0.378 e. The Bertz CT molecular complexity index is 559. The fraction of sp³-hybridized carbons (Fsp3) is 0.188. The normalized spacial score (nSPS) is 13.8.